The average Bonchev–Trinajstić information content (AvgIpc) is 2.52. The smallest absolute Gasteiger partial charge is 0.317 e. The van der Waals surface area contributed by atoms with Crippen LogP contribution in [0.5, 0.6) is 0 Å². The summed E-state index contributed by atoms with van der Waals surface area (Å²) in [6, 6.07) is 0. The van der Waals surface area contributed by atoms with Gasteiger partial charge in [0.15, 0.2) is 0 Å². The zero-order valence-corrected chi connectivity index (χ0v) is 14.2. The maximum absolute atomic E-state index is 11.9. The molecule has 0 fully saturated rings. The summed E-state index contributed by atoms with van der Waals surface area (Å²) in [6.45, 7) is 8.16. The number of rotatable bonds is 15. The SMILES string of the molecule is CCCNC(=O)CN(CCNCC=O)CCN(CC)CC(=O)O. The van der Waals surface area contributed by atoms with Gasteiger partial charge in [-0.1, -0.05) is 13.8 Å². The largest absolute Gasteiger partial charge is 0.480 e. The van der Waals surface area contributed by atoms with E-state index in [2.05, 4.69) is 10.6 Å². The van der Waals surface area contributed by atoms with Crippen LogP contribution in [-0.4, -0.2) is 92.0 Å². The van der Waals surface area contributed by atoms with Crippen molar-refractivity contribution < 1.29 is 19.5 Å². The highest BCUT2D eigenvalue weighted by Gasteiger charge is 2.13. The molecule has 134 valence electrons. The average molecular weight is 330 g/mol. The molecule has 0 spiro atoms. The number of aldehydes is 1. The van der Waals surface area contributed by atoms with Crippen molar-refractivity contribution in [3.63, 3.8) is 0 Å². The summed E-state index contributed by atoms with van der Waals surface area (Å²) in [5, 5.41) is 14.7. The quantitative estimate of drug-likeness (QED) is 0.262. The molecule has 0 rings (SSSR count). The Kier molecular flexibility index (Phi) is 13.2. The maximum Gasteiger partial charge on any atom is 0.317 e. The monoisotopic (exact) mass is 330 g/mol. The fraction of sp³-hybridized carbons (Fsp3) is 0.800. The number of aliphatic carboxylic acids is 1. The molecule has 0 bridgehead atoms. The van der Waals surface area contributed by atoms with Crippen LogP contribution < -0.4 is 10.6 Å². The van der Waals surface area contributed by atoms with Crippen LogP contribution >= 0.6 is 0 Å². The topological polar surface area (TPSA) is 102 Å². The summed E-state index contributed by atoms with van der Waals surface area (Å²) in [6.07, 6.45) is 1.68. The molecule has 0 aromatic heterocycles. The molecule has 1 amide bonds. The van der Waals surface area contributed by atoms with Crippen LogP contribution in [0.4, 0.5) is 0 Å². The minimum atomic E-state index is -0.855. The fourth-order valence-corrected chi connectivity index (χ4v) is 2.01. The molecule has 0 aliphatic heterocycles. The number of hydrogen-bond acceptors (Lipinski definition) is 6. The van der Waals surface area contributed by atoms with Crippen molar-refractivity contribution >= 4 is 18.2 Å². The number of carboxylic acid groups (broad SMARTS) is 1. The predicted octanol–water partition coefficient (Wildman–Crippen LogP) is -0.990. The third-order valence-electron chi connectivity index (χ3n) is 3.31. The fourth-order valence-electron chi connectivity index (χ4n) is 2.01. The van der Waals surface area contributed by atoms with Crippen LogP contribution in [0.15, 0.2) is 0 Å². The van der Waals surface area contributed by atoms with Crippen LogP contribution in [0.25, 0.3) is 0 Å². The molecule has 0 heterocycles. The highest BCUT2D eigenvalue weighted by molar-refractivity contribution is 5.77. The maximum atomic E-state index is 11.9. The van der Waals surface area contributed by atoms with Gasteiger partial charge in [-0.05, 0) is 13.0 Å². The normalized spacial score (nSPS) is 11.0. The van der Waals surface area contributed by atoms with E-state index in [1.807, 2.05) is 23.6 Å². The standard InChI is InChI=1S/C15H30N4O4/c1-3-5-17-14(21)12-19(8-6-16-7-11-20)10-9-18(4-2)13-15(22)23/h11,16H,3-10,12-13H2,1-2H3,(H,17,21)(H,22,23). The number of nitrogens with one attached hydrogen (secondary N) is 2. The Morgan fingerprint density at radius 2 is 1.74 bits per heavy atom. The van der Waals surface area contributed by atoms with E-state index in [-0.39, 0.29) is 25.5 Å². The van der Waals surface area contributed by atoms with Crippen molar-refractivity contribution in [2.45, 2.75) is 20.3 Å². The lowest BCUT2D eigenvalue weighted by Crippen LogP contribution is -2.44. The molecule has 8 nitrogen and oxygen atoms in total. The van der Waals surface area contributed by atoms with Gasteiger partial charge < -0.3 is 20.5 Å². The third kappa shape index (κ3) is 12.7. The number of carbonyl (C=O) groups is 3. The Hall–Kier alpha value is -1.51. The van der Waals surface area contributed by atoms with Gasteiger partial charge in [0.2, 0.25) is 5.91 Å². The van der Waals surface area contributed by atoms with E-state index in [0.29, 0.717) is 39.3 Å². The number of nitrogens with zero attached hydrogens (tertiary/aromatic N) is 2. The Bertz CT molecular complexity index is 352. The van der Waals surface area contributed by atoms with Crippen LogP contribution in [0.3, 0.4) is 0 Å². The highest BCUT2D eigenvalue weighted by atomic mass is 16.4. The van der Waals surface area contributed by atoms with Crippen LogP contribution in [0, 0.1) is 0 Å². The molecular formula is C15H30N4O4. The van der Waals surface area contributed by atoms with Gasteiger partial charge in [-0.25, -0.2) is 0 Å². The molecular weight excluding hydrogens is 300 g/mol. The molecule has 8 heteroatoms. The van der Waals surface area contributed by atoms with Gasteiger partial charge in [0, 0.05) is 32.7 Å². The van der Waals surface area contributed by atoms with Gasteiger partial charge in [-0.15, -0.1) is 0 Å². The minimum Gasteiger partial charge on any atom is -0.480 e. The molecule has 0 aliphatic carbocycles. The van der Waals surface area contributed by atoms with Crippen molar-refractivity contribution in [3.8, 4) is 0 Å². The number of hydrogen-bond donors (Lipinski definition) is 3. The molecule has 0 radical (unpaired) electrons. The predicted molar refractivity (Wildman–Crippen MR) is 88.4 cm³/mol. The van der Waals surface area contributed by atoms with Gasteiger partial charge in [0.25, 0.3) is 0 Å². The second kappa shape index (κ2) is 14.1. The molecule has 0 atom stereocenters. The summed E-state index contributed by atoms with van der Waals surface area (Å²) >= 11 is 0. The van der Waals surface area contributed by atoms with Crippen molar-refractivity contribution in [1.29, 1.82) is 0 Å². The lowest BCUT2D eigenvalue weighted by Gasteiger charge is -2.25. The van der Waals surface area contributed by atoms with Gasteiger partial charge in [-0.3, -0.25) is 19.4 Å². The first-order valence-electron chi connectivity index (χ1n) is 8.11. The van der Waals surface area contributed by atoms with Crippen molar-refractivity contribution in [2.24, 2.45) is 0 Å². The van der Waals surface area contributed by atoms with E-state index in [4.69, 9.17) is 5.11 Å². The Morgan fingerprint density at radius 3 is 2.30 bits per heavy atom. The van der Waals surface area contributed by atoms with E-state index in [1.165, 1.54) is 0 Å². The third-order valence-corrected chi connectivity index (χ3v) is 3.31. The molecule has 0 aliphatic rings. The van der Waals surface area contributed by atoms with Crippen LogP contribution in [0.2, 0.25) is 0 Å². The van der Waals surface area contributed by atoms with Crippen molar-refractivity contribution in [3.05, 3.63) is 0 Å². The molecule has 0 saturated carbocycles. The van der Waals surface area contributed by atoms with Gasteiger partial charge >= 0.3 is 5.97 Å². The van der Waals surface area contributed by atoms with E-state index >= 15 is 0 Å². The number of likely N-dealkylation sites (N-methyl/N-ethyl adjacent to an activating group) is 1. The highest BCUT2D eigenvalue weighted by Crippen LogP contribution is 1.93. The summed E-state index contributed by atoms with van der Waals surface area (Å²) in [7, 11) is 0. The van der Waals surface area contributed by atoms with Gasteiger partial charge in [-0.2, -0.15) is 0 Å². The second-order valence-electron chi connectivity index (χ2n) is 5.26. The Labute approximate surface area is 138 Å². The zero-order chi connectivity index (χ0) is 17.5. The molecule has 0 aromatic carbocycles. The van der Waals surface area contributed by atoms with Gasteiger partial charge in [0.05, 0.1) is 19.6 Å². The number of carboxylic acids is 1. The van der Waals surface area contributed by atoms with Crippen molar-refractivity contribution in [2.75, 3.05) is 58.9 Å². The first-order chi connectivity index (χ1) is 11.0. The van der Waals surface area contributed by atoms with E-state index in [1.54, 1.807) is 0 Å². The Morgan fingerprint density at radius 1 is 1.04 bits per heavy atom. The van der Waals surface area contributed by atoms with E-state index in [9.17, 15) is 14.4 Å². The molecule has 0 saturated heterocycles. The molecule has 3 N–H and O–H groups in total. The van der Waals surface area contributed by atoms with E-state index < -0.39 is 5.97 Å². The summed E-state index contributed by atoms with van der Waals surface area (Å²) < 4.78 is 0. The minimum absolute atomic E-state index is 0.00420. The molecule has 0 unspecified atom stereocenters. The van der Waals surface area contributed by atoms with Crippen LogP contribution in [-0.2, 0) is 14.4 Å². The lowest BCUT2D eigenvalue weighted by atomic mass is 10.3. The van der Waals surface area contributed by atoms with Crippen LogP contribution in [0.1, 0.15) is 20.3 Å². The Balaban J connectivity index is 4.35. The zero-order valence-electron chi connectivity index (χ0n) is 14.2. The van der Waals surface area contributed by atoms with Crippen molar-refractivity contribution in [1.82, 2.24) is 20.4 Å². The molecule has 0 aromatic rings. The summed E-state index contributed by atoms with van der Waals surface area (Å²) in [5.41, 5.74) is 0. The van der Waals surface area contributed by atoms with Gasteiger partial charge in [0.1, 0.15) is 6.29 Å². The number of amides is 1. The number of carbonyl (C=O) groups excluding carboxylic acids is 2. The molecule has 23 heavy (non-hydrogen) atoms. The lowest BCUT2D eigenvalue weighted by molar-refractivity contribution is -0.138. The summed E-state index contributed by atoms with van der Waals surface area (Å²) in [5.74, 6) is -0.893. The van der Waals surface area contributed by atoms with E-state index in [0.717, 1.165) is 12.7 Å². The second-order valence-corrected chi connectivity index (χ2v) is 5.26. The first-order valence-corrected chi connectivity index (χ1v) is 8.11. The summed E-state index contributed by atoms with van der Waals surface area (Å²) in [4.78, 5) is 36.7. The first kappa shape index (κ1) is 21.5.